The first-order valence-electron chi connectivity index (χ1n) is 5.56. The highest BCUT2D eigenvalue weighted by Crippen LogP contribution is 2.44. The van der Waals surface area contributed by atoms with E-state index < -0.39 is 0 Å². The summed E-state index contributed by atoms with van der Waals surface area (Å²) in [5.41, 5.74) is 0.755. The first-order chi connectivity index (χ1) is 5.91. The van der Waals surface area contributed by atoms with Gasteiger partial charge >= 0.3 is 0 Å². The smallest absolute Gasteiger partial charge is 0.0260 e. The van der Waals surface area contributed by atoms with Crippen molar-refractivity contribution in [3.63, 3.8) is 0 Å². The second-order valence-corrected chi connectivity index (χ2v) is 4.63. The maximum atomic E-state index is 2.43. The lowest BCUT2D eigenvalue weighted by molar-refractivity contribution is 0.219. The van der Waals surface area contributed by atoms with Gasteiger partial charge in [-0.2, -0.15) is 0 Å². The van der Waals surface area contributed by atoms with Gasteiger partial charge in [-0.25, -0.2) is 0 Å². The zero-order valence-corrected chi connectivity index (χ0v) is 8.02. The van der Waals surface area contributed by atoms with Crippen molar-refractivity contribution in [2.75, 3.05) is 0 Å². The fourth-order valence-corrected chi connectivity index (χ4v) is 2.88. The standard InChI is InChI=1S/C12H20/c1-2-5-9-12(8-4-1)10-6-3-7-11-12/h3,6H,1-2,4-5,7-11H2. The Labute approximate surface area is 76.1 Å². The quantitative estimate of drug-likeness (QED) is 0.473. The highest BCUT2D eigenvalue weighted by atomic mass is 14.3. The normalized spacial score (nSPS) is 28.7. The maximum absolute atomic E-state index is 2.43. The molecule has 1 spiro atoms. The van der Waals surface area contributed by atoms with E-state index in [1.54, 1.807) is 0 Å². The van der Waals surface area contributed by atoms with Crippen LogP contribution in [0.1, 0.15) is 57.8 Å². The molecule has 0 aromatic heterocycles. The van der Waals surface area contributed by atoms with Crippen LogP contribution in [0.4, 0.5) is 0 Å². The van der Waals surface area contributed by atoms with E-state index in [-0.39, 0.29) is 0 Å². The first-order valence-corrected chi connectivity index (χ1v) is 5.56. The van der Waals surface area contributed by atoms with Crippen molar-refractivity contribution in [2.45, 2.75) is 57.8 Å². The topological polar surface area (TPSA) is 0 Å². The van der Waals surface area contributed by atoms with Crippen LogP contribution >= 0.6 is 0 Å². The summed E-state index contributed by atoms with van der Waals surface area (Å²) >= 11 is 0. The number of allylic oxidation sites excluding steroid dienone is 2. The van der Waals surface area contributed by atoms with Crippen molar-refractivity contribution in [1.29, 1.82) is 0 Å². The average molecular weight is 164 g/mol. The van der Waals surface area contributed by atoms with Gasteiger partial charge in [0, 0.05) is 0 Å². The molecule has 0 radical (unpaired) electrons. The monoisotopic (exact) mass is 164 g/mol. The van der Waals surface area contributed by atoms with E-state index in [9.17, 15) is 0 Å². The molecular formula is C12H20. The Bertz CT molecular complexity index is 159. The fourth-order valence-electron chi connectivity index (χ4n) is 2.88. The molecule has 2 aliphatic rings. The molecule has 0 bridgehead atoms. The van der Waals surface area contributed by atoms with E-state index in [0.29, 0.717) is 0 Å². The van der Waals surface area contributed by atoms with Gasteiger partial charge in [-0.3, -0.25) is 0 Å². The third-order valence-electron chi connectivity index (χ3n) is 3.72. The van der Waals surface area contributed by atoms with Gasteiger partial charge in [0.05, 0.1) is 0 Å². The molecule has 12 heavy (non-hydrogen) atoms. The minimum absolute atomic E-state index is 0.755. The molecule has 2 rings (SSSR count). The summed E-state index contributed by atoms with van der Waals surface area (Å²) in [7, 11) is 0. The van der Waals surface area contributed by atoms with Gasteiger partial charge in [-0.05, 0) is 37.5 Å². The molecule has 0 amide bonds. The van der Waals surface area contributed by atoms with Crippen LogP contribution in [0.3, 0.4) is 0 Å². The second kappa shape index (κ2) is 3.64. The van der Waals surface area contributed by atoms with Gasteiger partial charge < -0.3 is 0 Å². The second-order valence-electron chi connectivity index (χ2n) is 4.63. The Kier molecular flexibility index (Phi) is 2.53. The summed E-state index contributed by atoms with van der Waals surface area (Å²) in [4.78, 5) is 0. The van der Waals surface area contributed by atoms with E-state index in [2.05, 4.69) is 12.2 Å². The van der Waals surface area contributed by atoms with Crippen molar-refractivity contribution in [2.24, 2.45) is 5.41 Å². The summed E-state index contributed by atoms with van der Waals surface area (Å²) in [6, 6.07) is 0. The van der Waals surface area contributed by atoms with Crippen molar-refractivity contribution < 1.29 is 0 Å². The van der Waals surface area contributed by atoms with Crippen LogP contribution in [0.2, 0.25) is 0 Å². The van der Waals surface area contributed by atoms with Crippen molar-refractivity contribution in [3.05, 3.63) is 12.2 Å². The lowest BCUT2D eigenvalue weighted by Gasteiger charge is -2.33. The van der Waals surface area contributed by atoms with Gasteiger partial charge in [0.15, 0.2) is 0 Å². The minimum atomic E-state index is 0.755. The Morgan fingerprint density at radius 2 is 1.50 bits per heavy atom. The number of hydrogen-bond acceptors (Lipinski definition) is 0. The SMILES string of the molecule is C1=CCC2(CC1)CCCCCC2. The molecule has 1 saturated carbocycles. The van der Waals surface area contributed by atoms with E-state index in [0.717, 1.165) is 5.41 Å². The van der Waals surface area contributed by atoms with Crippen LogP contribution < -0.4 is 0 Å². The van der Waals surface area contributed by atoms with Crippen LogP contribution in [0, 0.1) is 5.41 Å². The van der Waals surface area contributed by atoms with Gasteiger partial charge in [0.2, 0.25) is 0 Å². The molecule has 0 heteroatoms. The zero-order chi connectivity index (χ0) is 8.28. The van der Waals surface area contributed by atoms with Crippen LogP contribution in [-0.4, -0.2) is 0 Å². The maximum Gasteiger partial charge on any atom is -0.0260 e. The highest BCUT2D eigenvalue weighted by molar-refractivity contribution is 4.98. The molecule has 0 unspecified atom stereocenters. The van der Waals surface area contributed by atoms with Gasteiger partial charge in [0.25, 0.3) is 0 Å². The predicted molar refractivity (Wildman–Crippen MR) is 53.1 cm³/mol. The van der Waals surface area contributed by atoms with Crippen molar-refractivity contribution in [1.82, 2.24) is 0 Å². The molecule has 0 atom stereocenters. The van der Waals surface area contributed by atoms with Crippen LogP contribution in [0.5, 0.6) is 0 Å². The Hall–Kier alpha value is -0.260. The molecule has 2 aliphatic carbocycles. The molecule has 1 fully saturated rings. The molecule has 0 aromatic carbocycles. The summed E-state index contributed by atoms with van der Waals surface area (Å²) in [5.74, 6) is 0. The van der Waals surface area contributed by atoms with Gasteiger partial charge in [-0.15, -0.1) is 0 Å². The van der Waals surface area contributed by atoms with E-state index in [4.69, 9.17) is 0 Å². The predicted octanol–water partition coefficient (Wildman–Crippen LogP) is 4.07. The first kappa shape index (κ1) is 8.34. The molecule has 0 saturated heterocycles. The number of hydrogen-bond donors (Lipinski definition) is 0. The van der Waals surface area contributed by atoms with E-state index in [1.807, 2.05) is 0 Å². The van der Waals surface area contributed by atoms with E-state index in [1.165, 1.54) is 57.8 Å². The van der Waals surface area contributed by atoms with Crippen LogP contribution in [-0.2, 0) is 0 Å². The Morgan fingerprint density at radius 3 is 2.08 bits per heavy atom. The Balaban J connectivity index is 2.01. The highest BCUT2D eigenvalue weighted by Gasteiger charge is 2.30. The molecule has 0 nitrogen and oxygen atoms in total. The lowest BCUT2D eigenvalue weighted by Crippen LogP contribution is -2.20. The molecule has 0 aromatic rings. The fraction of sp³-hybridized carbons (Fsp3) is 0.833. The summed E-state index contributed by atoms with van der Waals surface area (Å²) in [6.07, 6.45) is 18.0. The van der Waals surface area contributed by atoms with Gasteiger partial charge in [0.1, 0.15) is 0 Å². The largest absolute Gasteiger partial charge is 0.0885 e. The van der Waals surface area contributed by atoms with E-state index >= 15 is 0 Å². The lowest BCUT2D eigenvalue weighted by atomic mass is 9.72. The van der Waals surface area contributed by atoms with Gasteiger partial charge in [-0.1, -0.05) is 37.8 Å². The summed E-state index contributed by atoms with van der Waals surface area (Å²) < 4.78 is 0. The van der Waals surface area contributed by atoms with Crippen molar-refractivity contribution in [3.8, 4) is 0 Å². The molecule has 68 valence electrons. The van der Waals surface area contributed by atoms with Crippen molar-refractivity contribution >= 4 is 0 Å². The summed E-state index contributed by atoms with van der Waals surface area (Å²) in [6.45, 7) is 0. The molecule has 0 aliphatic heterocycles. The third kappa shape index (κ3) is 1.73. The molecule has 0 N–H and O–H groups in total. The number of rotatable bonds is 0. The minimum Gasteiger partial charge on any atom is -0.0885 e. The van der Waals surface area contributed by atoms with Crippen LogP contribution in [0.15, 0.2) is 12.2 Å². The Morgan fingerprint density at radius 1 is 0.750 bits per heavy atom. The third-order valence-corrected chi connectivity index (χ3v) is 3.72. The molecule has 0 heterocycles. The summed E-state index contributed by atoms with van der Waals surface area (Å²) in [5, 5.41) is 0. The van der Waals surface area contributed by atoms with Crippen LogP contribution in [0.25, 0.3) is 0 Å². The average Bonchev–Trinajstić information content (AvgIpc) is 2.33. The molecular weight excluding hydrogens is 144 g/mol. The zero-order valence-electron chi connectivity index (χ0n) is 8.02.